The van der Waals surface area contributed by atoms with E-state index in [-0.39, 0.29) is 5.91 Å². The second-order valence-corrected chi connectivity index (χ2v) is 6.94. The number of benzene rings is 2. The number of amides is 1. The fourth-order valence-electron chi connectivity index (χ4n) is 2.45. The Kier molecular flexibility index (Phi) is 7.29. The molecule has 0 saturated carbocycles. The number of methoxy groups -OCH3 is 1. The number of esters is 1. The predicted molar refractivity (Wildman–Crippen MR) is 107 cm³/mol. The maximum atomic E-state index is 12.4. The maximum absolute atomic E-state index is 12.4. The number of rotatable bonds is 8. The number of hydrogen-bond acceptors (Lipinski definition) is 5. The smallest absolute Gasteiger partial charge is 0.349 e. The van der Waals surface area contributed by atoms with Crippen LogP contribution in [0.25, 0.3) is 0 Å². The van der Waals surface area contributed by atoms with E-state index in [4.69, 9.17) is 25.8 Å². The summed E-state index contributed by atoms with van der Waals surface area (Å²) < 4.78 is 15.9. The molecule has 6 nitrogen and oxygen atoms in total. The highest BCUT2D eigenvalue weighted by molar-refractivity contribution is 6.31. The van der Waals surface area contributed by atoms with Crippen LogP contribution in [0.4, 0.5) is 0 Å². The summed E-state index contributed by atoms with van der Waals surface area (Å²) >= 11 is 5.96. The van der Waals surface area contributed by atoms with Crippen molar-refractivity contribution in [2.24, 2.45) is 0 Å². The van der Waals surface area contributed by atoms with E-state index in [1.807, 2.05) is 12.1 Å². The molecule has 0 unspecified atom stereocenters. The van der Waals surface area contributed by atoms with Gasteiger partial charge in [0.25, 0.3) is 5.91 Å². The molecule has 0 spiro atoms. The standard InChI is InChI=1S/C21H24ClNO5/c1-5-27-20(25)21(2,3)28-16-9-6-14(7-10-16)13-23-19(24)17-12-15(22)8-11-18(17)26-4/h6-12H,5,13H2,1-4H3,(H,23,24). The molecule has 0 bridgehead atoms. The Hall–Kier alpha value is -2.73. The second-order valence-electron chi connectivity index (χ2n) is 6.50. The molecule has 28 heavy (non-hydrogen) atoms. The Morgan fingerprint density at radius 2 is 1.79 bits per heavy atom. The van der Waals surface area contributed by atoms with Gasteiger partial charge in [-0.1, -0.05) is 23.7 Å². The Labute approximate surface area is 169 Å². The quantitative estimate of drug-likeness (QED) is 0.672. The highest BCUT2D eigenvalue weighted by Gasteiger charge is 2.31. The monoisotopic (exact) mass is 405 g/mol. The minimum atomic E-state index is -1.09. The van der Waals surface area contributed by atoms with E-state index in [1.54, 1.807) is 51.1 Å². The number of carbonyl (C=O) groups is 2. The highest BCUT2D eigenvalue weighted by Crippen LogP contribution is 2.23. The second kappa shape index (κ2) is 9.46. The lowest BCUT2D eigenvalue weighted by Gasteiger charge is -2.24. The molecular weight excluding hydrogens is 382 g/mol. The van der Waals surface area contributed by atoms with E-state index in [9.17, 15) is 9.59 Å². The van der Waals surface area contributed by atoms with Crippen molar-refractivity contribution in [2.75, 3.05) is 13.7 Å². The van der Waals surface area contributed by atoms with Gasteiger partial charge in [-0.05, 0) is 56.7 Å². The van der Waals surface area contributed by atoms with Gasteiger partial charge in [0.15, 0.2) is 5.60 Å². The minimum Gasteiger partial charge on any atom is -0.496 e. The van der Waals surface area contributed by atoms with Crippen molar-refractivity contribution in [1.29, 1.82) is 0 Å². The van der Waals surface area contributed by atoms with Gasteiger partial charge in [0.2, 0.25) is 0 Å². The SMILES string of the molecule is CCOC(=O)C(C)(C)Oc1ccc(CNC(=O)c2cc(Cl)ccc2OC)cc1. The first-order valence-corrected chi connectivity index (χ1v) is 9.21. The van der Waals surface area contributed by atoms with Gasteiger partial charge in [0, 0.05) is 11.6 Å². The molecule has 7 heteroatoms. The van der Waals surface area contributed by atoms with Crippen LogP contribution < -0.4 is 14.8 Å². The van der Waals surface area contributed by atoms with Crippen molar-refractivity contribution in [2.45, 2.75) is 32.9 Å². The molecular formula is C21H24ClNO5. The van der Waals surface area contributed by atoms with Crippen molar-refractivity contribution in [3.05, 3.63) is 58.6 Å². The molecule has 0 aliphatic rings. The van der Waals surface area contributed by atoms with E-state index < -0.39 is 11.6 Å². The van der Waals surface area contributed by atoms with Gasteiger partial charge in [-0.15, -0.1) is 0 Å². The van der Waals surface area contributed by atoms with Crippen LogP contribution in [0.15, 0.2) is 42.5 Å². The molecule has 0 atom stereocenters. The molecule has 0 aliphatic carbocycles. The summed E-state index contributed by atoms with van der Waals surface area (Å²) in [6.07, 6.45) is 0. The molecule has 0 fully saturated rings. The number of nitrogens with one attached hydrogen (secondary N) is 1. The zero-order valence-corrected chi connectivity index (χ0v) is 17.1. The third kappa shape index (κ3) is 5.63. The van der Waals surface area contributed by atoms with Gasteiger partial charge in [0.1, 0.15) is 11.5 Å². The molecule has 2 aromatic carbocycles. The van der Waals surface area contributed by atoms with E-state index >= 15 is 0 Å². The van der Waals surface area contributed by atoms with Crippen molar-refractivity contribution in [3.8, 4) is 11.5 Å². The van der Waals surface area contributed by atoms with Crippen LogP contribution in [-0.4, -0.2) is 31.2 Å². The third-order valence-electron chi connectivity index (χ3n) is 3.92. The largest absolute Gasteiger partial charge is 0.496 e. The average Bonchev–Trinajstić information content (AvgIpc) is 2.67. The summed E-state index contributed by atoms with van der Waals surface area (Å²) in [5, 5.41) is 3.28. The Balaban J connectivity index is 1.99. The number of halogens is 1. The number of ether oxygens (including phenoxy) is 3. The van der Waals surface area contributed by atoms with Crippen LogP contribution in [0.3, 0.4) is 0 Å². The van der Waals surface area contributed by atoms with Crippen LogP contribution in [0.5, 0.6) is 11.5 Å². The molecule has 0 radical (unpaired) electrons. The molecule has 1 amide bonds. The average molecular weight is 406 g/mol. The van der Waals surface area contributed by atoms with Crippen molar-refractivity contribution < 1.29 is 23.8 Å². The molecule has 0 aromatic heterocycles. The Morgan fingerprint density at radius 3 is 2.39 bits per heavy atom. The van der Waals surface area contributed by atoms with Crippen LogP contribution in [0.1, 0.15) is 36.7 Å². The lowest BCUT2D eigenvalue weighted by molar-refractivity contribution is -0.158. The lowest BCUT2D eigenvalue weighted by Crippen LogP contribution is -2.39. The summed E-state index contributed by atoms with van der Waals surface area (Å²) in [4.78, 5) is 24.3. The van der Waals surface area contributed by atoms with Crippen LogP contribution in [0, 0.1) is 0 Å². The lowest BCUT2D eigenvalue weighted by atomic mass is 10.1. The topological polar surface area (TPSA) is 73.9 Å². The maximum Gasteiger partial charge on any atom is 0.349 e. The Morgan fingerprint density at radius 1 is 1.11 bits per heavy atom. The summed E-state index contributed by atoms with van der Waals surface area (Å²) in [6, 6.07) is 12.0. The van der Waals surface area contributed by atoms with Gasteiger partial charge < -0.3 is 19.5 Å². The van der Waals surface area contributed by atoms with Crippen molar-refractivity contribution >= 4 is 23.5 Å². The molecule has 0 aliphatic heterocycles. The number of carbonyl (C=O) groups excluding carboxylic acids is 2. The first-order chi connectivity index (χ1) is 13.3. The van der Waals surface area contributed by atoms with Crippen molar-refractivity contribution in [1.82, 2.24) is 5.32 Å². The van der Waals surface area contributed by atoms with Gasteiger partial charge in [-0.2, -0.15) is 0 Å². The summed E-state index contributed by atoms with van der Waals surface area (Å²) in [6.45, 7) is 5.66. The third-order valence-corrected chi connectivity index (χ3v) is 4.16. The van der Waals surface area contributed by atoms with Gasteiger partial charge in [-0.25, -0.2) is 4.79 Å². The van der Waals surface area contributed by atoms with E-state index in [2.05, 4.69) is 5.32 Å². The van der Waals surface area contributed by atoms with Crippen LogP contribution >= 0.6 is 11.6 Å². The Bertz CT molecular complexity index is 833. The highest BCUT2D eigenvalue weighted by atomic mass is 35.5. The molecule has 2 aromatic rings. The summed E-state index contributed by atoms with van der Waals surface area (Å²) in [7, 11) is 1.50. The fourth-order valence-corrected chi connectivity index (χ4v) is 2.62. The van der Waals surface area contributed by atoms with Gasteiger partial charge in [-0.3, -0.25) is 4.79 Å². The fraction of sp³-hybridized carbons (Fsp3) is 0.333. The molecule has 2 rings (SSSR count). The van der Waals surface area contributed by atoms with E-state index in [0.29, 0.717) is 35.2 Å². The molecule has 1 N–H and O–H groups in total. The van der Waals surface area contributed by atoms with E-state index in [1.165, 1.54) is 7.11 Å². The normalized spacial score (nSPS) is 10.9. The summed E-state index contributed by atoms with van der Waals surface area (Å²) in [5.41, 5.74) is 0.149. The van der Waals surface area contributed by atoms with Crippen LogP contribution in [-0.2, 0) is 16.1 Å². The van der Waals surface area contributed by atoms with Crippen LogP contribution in [0.2, 0.25) is 5.02 Å². The van der Waals surface area contributed by atoms with E-state index in [0.717, 1.165) is 5.56 Å². The first-order valence-electron chi connectivity index (χ1n) is 8.83. The minimum absolute atomic E-state index is 0.289. The zero-order chi connectivity index (χ0) is 20.7. The predicted octanol–water partition coefficient (Wildman–Crippen LogP) is 4.00. The first kappa shape index (κ1) is 21.6. The van der Waals surface area contributed by atoms with Gasteiger partial charge in [0.05, 0.1) is 19.3 Å². The molecule has 0 heterocycles. The number of hydrogen-bond donors (Lipinski definition) is 1. The van der Waals surface area contributed by atoms with Gasteiger partial charge >= 0.3 is 5.97 Å². The van der Waals surface area contributed by atoms with Crippen molar-refractivity contribution in [3.63, 3.8) is 0 Å². The zero-order valence-electron chi connectivity index (χ0n) is 16.4. The molecule has 0 saturated heterocycles. The molecule has 150 valence electrons. The summed E-state index contributed by atoms with van der Waals surface area (Å²) in [5.74, 6) is 0.265.